The second kappa shape index (κ2) is 9.09. The van der Waals surface area contributed by atoms with Gasteiger partial charge in [-0.2, -0.15) is 5.10 Å². The molecule has 0 aliphatic carbocycles. The molecule has 0 saturated carbocycles. The van der Waals surface area contributed by atoms with E-state index in [2.05, 4.69) is 4.98 Å². The van der Waals surface area contributed by atoms with Crippen LogP contribution in [0.5, 0.6) is 0 Å². The Hall–Kier alpha value is -3.41. The van der Waals surface area contributed by atoms with Crippen LogP contribution in [0, 0.1) is 0 Å². The molecule has 2 heterocycles. The maximum atomic E-state index is 13.4. The number of benzene rings is 3. The van der Waals surface area contributed by atoms with Crippen molar-refractivity contribution in [2.24, 2.45) is 5.10 Å². The number of H-pyrrole nitrogens is 1. The van der Waals surface area contributed by atoms with E-state index in [1.807, 2.05) is 48.5 Å². The lowest BCUT2D eigenvalue weighted by Crippen LogP contribution is -2.26. The number of amides is 1. The van der Waals surface area contributed by atoms with Gasteiger partial charge in [-0.25, -0.2) is 5.01 Å². The highest BCUT2D eigenvalue weighted by Crippen LogP contribution is 2.37. The molecule has 1 aliphatic rings. The van der Waals surface area contributed by atoms with Crippen LogP contribution in [-0.2, 0) is 4.79 Å². The second-order valence-electron chi connectivity index (χ2n) is 8.17. The zero-order valence-corrected chi connectivity index (χ0v) is 19.9. The first kappa shape index (κ1) is 22.4. The Morgan fingerprint density at radius 2 is 1.71 bits per heavy atom. The Labute approximate surface area is 206 Å². The fourth-order valence-corrected chi connectivity index (χ4v) is 4.74. The number of hydrogen-bond donors (Lipinski definition) is 1. The topological polar surface area (TPSA) is 65.5 Å². The molecule has 0 unspecified atom stereocenters. The molecule has 5 nitrogen and oxygen atoms in total. The molecular formula is C27H21Cl2N3O2. The smallest absolute Gasteiger partial charge is 0.258 e. The van der Waals surface area contributed by atoms with Crippen molar-refractivity contribution in [3.05, 3.63) is 104 Å². The van der Waals surface area contributed by atoms with Crippen molar-refractivity contribution in [1.82, 2.24) is 9.99 Å². The van der Waals surface area contributed by atoms with Crippen molar-refractivity contribution in [2.45, 2.75) is 25.8 Å². The number of pyridine rings is 1. The van der Waals surface area contributed by atoms with E-state index in [9.17, 15) is 9.59 Å². The summed E-state index contributed by atoms with van der Waals surface area (Å²) in [6.07, 6.45) is 0.707. The number of hydrogen-bond acceptors (Lipinski definition) is 3. The molecule has 0 spiro atoms. The van der Waals surface area contributed by atoms with Crippen molar-refractivity contribution in [2.75, 3.05) is 0 Å². The molecule has 5 rings (SSSR count). The van der Waals surface area contributed by atoms with E-state index < -0.39 is 0 Å². The van der Waals surface area contributed by atoms with Gasteiger partial charge >= 0.3 is 0 Å². The number of aromatic nitrogens is 1. The van der Waals surface area contributed by atoms with Gasteiger partial charge in [-0.1, -0.05) is 72.6 Å². The van der Waals surface area contributed by atoms with E-state index in [0.717, 1.165) is 22.1 Å². The molecule has 4 aromatic rings. The van der Waals surface area contributed by atoms with Gasteiger partial charge in [0.2, 0.25) is 5.91 Å². The minimum Gasteiger partial charge on any atom is -0.321 e. The molecule has 3 aromatic carbocycles. The van der Waals surface area contributed by atoms with Gasteiger partial charge in [-0.3, -0.25) is 9.59 Å². The fourth-order valence-electron chi connectivity index (χ4n) is 4.44. The number of hydrazone groups is 1. The first-order valence-electron chi connectivity index (χ1n) is 11.0. The van der Waals surface area contributed by atoms with Crippen molar-refractivity contribution in [3.8, 4) is 11.1 Å². The highest BCUT2D eigenvalue weighted by molar-refractivity contribution is 6.31. The third kappa shape index (κ3) is 4.02. The number of carbonyl (C=O) groups excluding carboxylic acids is 1. The summed E-state index contributed by atoms with van der Waals surface area (Å²) in [6.45, 7) is 1.80. The average molecular weight is 490 g/mol. The van der Waals surface area contributed by atoms with E-state index in [4.69, 9.17) is 28.3 Å². The Morgan fingerprint density at radius 1 is 1.00 bits per heavy atom. The second-order valence-corrected chi connectivity index (χ2v) is 9.04. The normalized spacial score (nSPS) is 15.6. The molecule has 1 atom stereocenters. The van der Waals surface area contributed by atoms with Crippen LogP contribution in [0.4, 0.5) is 0 Å². The van der Waals surface area contributed by atoms with Gasteiger partial charge in [0.1, 0.15) is 0 Å². The largest absolute Gasteiger partial charge is 0.321 e. The van der Waals surface area contributed by atoms with E-state index in [1.165, 1.54) is 5.01 Å². The minimum atomic E-state index is -0.321. The number of carbonyl (C=O) groups is 1. The SMILES string of the molecule is CCC(=O)N1N=C(c2c(-c3ccccc3)c3cc(Cl)ccc3[nH]c2=O)C[C@H]1c1ccc(Cl)cc1. The summed E-state index contributed by atoms with van der Waals surface area (Å²) >= 11 is 12.4. The van der Waals surface area contributed by atoms with Crippen molar-refractivity contribution >= 4 is 45.7 Å². The van der Waals surface area contributed by atoms with E-state index in [-0.39, 0.29) is 17.5 Å². The van der Waals surface area contributed by atoms with E-state index in [1.54, 1.807) is 31.2 Å². The number of rotatable bonds is 4. The van der Waals surface area contributed by atoms with Gasteiger partial charge in [0, 0.05) is 39.4 Å². The summed E-state index contributed by atoms with van der Waals surface area (Å²) in [5.41, 5.74) is 3.98. The van der Waals surface area contributed by atoms with Crippen molar-refractivity contribution in [3.63, 3.8) is 0 Å². The maximum absolute atomic E-state index is 13.4. The number of halogens is 2. The summed E-state index contributed by atoms with van der Waals surface area (Å²) in [4.78, 5) is 29.2. The van der Waals surface area contributed by atoms with Gasteiger partial charge in [0.25, 0.3) is 5.56 Å². The Balaban J connectivity index is 1.74. The van der Waals surface area contributed by atoms with Crippen LogP contribution in [0.15, 0.2) is 82.7 Å². The minimum absolute atomic E-state index is 0.114. The monoisotopic (exact) mass is 489 g/mol. The molecule has 0 bridgehead atoms. The fraction of sp³-hybridized carbons (Fsp3) is 0.148. The summed E-state index contributed by atoms with van der Waals surface area (Å²) in [6, 6.07) is 22.2. The highest BCUT2D eigenvalue weighted by atomic mass is 35.5. The predicted octanol–water partition coefficient (Wildman–Crippen LogP) is 6.59. The summed E-state index contributed by atoms with van der Waals surface area (Å²) in [5, 5.41) is 8.20. The Bertz CT molecular complexity index is 1480. The first-order valence-corrected chi connectivity index (χ1v) is 11.8. The molecule has 34 heavy (non-hydrogen) atoms. The summed E-state index contributed by atoms with van der Waals surface area (Å²) in [7, 11) is 0. The molecule has 1 aromatic heterocycles. The quantitative estimate of drug-likeness (QED) is 0.351. The molecule has 1 amide bonds. The van der Waals surface area contributed by atoms with Gasteiger partial charge in [0.05, 0.1) is 17.3 Å². The Kier molecular flexibility index (Phi) is 5.98. The summed E-state index contributed by atoms with van der Waals surface area (Å²) in [5.74, 6) is -0.114. The molecular weight excluding hydrogens is 469 g/mol. The lowest BCUT2D eigenvalue weighted by molar-refractivity contribution is -0.132. The molecule has 1 aliphatic heterocycles. The predicted molar refractivity (Wildman–Crippen MR) is 137 cm³/mol. The maximum Gasteiger partial charge on any atom is 0.258 e. The van der Waals surface area contributed by atoms with Gasteiger partial charge < -0.3 is 4.98 Å². The van der Waals surface area contributed by atoms with Crippen LogP contribution in [-0.4, -0.2) is 21.6 Å². The van der Waals surface area contributed by atoms with Crippen LogP contribution < -0.4 is 5.56 Å². The Morgan fingerprint density at radius 3 is 2.41 bits per heavy atom. The third-order valence-corrected chi connectivity index (χ3v) is 6.54. The van der Waals surface area contributed by atoms with Crippen LogP contribution in [0.3, 0.4) is 0 Å². The summed E-state index contributed by atoms with van der Waals surface area (Å²) < 4.78 is 0. The van der Waals surface area contributed by atoms with Crippen molar-refractivity contribution in [1.29, 1.82) is 0 Å². The van der Waals surface area contributed by atoms with E-state index in [0.29, 0.717) is 39.7 Å². The molecule has 0 fully saturated rings. The number of nitrogens with zero attached hydrogens (tertiary/aromatic N) is 2. The van der Waals surface area contributed by atoms with Crippen LogP contribution in [0.2, 0.25) is 10.0 Å². The van der Waals surface area contributed by atoms with Gasteiger partial charge in [-0.05, 0) is 41.5 Å². The molecule has 0 saturated heterocycles. The number of fused-ring (bicyclic) bond motifs is 1. The number of aromatic amines is 1. The average Bonchev–Trinajstić information content (AvgIpc) is 3.29. The molecule has 7 heteroatoms. The first-order chi connectivity index (χ1) is 16.5. The van der Waals surface area contributed by atoms with E-state index >= 15 is 0 Å². The lowest BCUT2D eigenvalue weighted by atomic mass is 9.91. The van der Waals surface area contributed by atoms with Crippen LogP contribution in [0.25, 0.3) is 22.0 Å². The standard InChI is InChI=1S/C27H21Cl2N3O2/c1-2-24(33)32-23(16-8-10-18(28)11-9-16)15-22(31-32)26-25(17-6-4-3-5-7-17)20-14-19(29)12-13-21(20)30-27(26)34/h3-14,23H,2,15H2,1H3,(H,30,34)/t23-/m0/s1. The zero-order chi connectivity index (χ0) is 23.8. The number of nitrogens with one attached hydrogen (secondary N) is 1. The molecule has 0 radical (unpaired) electrons. The lowest BCUT2D eigenvalue weighted by Gasteiger charge is -2.21. The van der Waals surface area contributed by atoms with Crippen LogP contribution >= 0.6 is 23.2 Å². The molecule has 170 valence electrons. The van der Waals surface area contributed by atoms with Crippen molar-refractivity contribution < 1.29 is 4.79 Å². The third-order valence-electron chi connectivity index (χ3n) is 6.05. The van der Waals surface area contributed by atoms with Gasteiger partial charge in [0.15, 0.2) is 0 Å². The molecule has 1 N–H and O–H groups in total. The zero-order valence-electron chi connectivity index (χ0n) is 18.4. The van der Waals surface area contributed by atoms with Crippen LogP contribution in [0.1, 0.15) is 36.9 Å². The van der Waals surface area contributed by atoms with Gasteiger partial charge in [-0.15, -0.1) is 0 Å². The highest BCUT2D eigenvalue weighted by Gasteiger charge is 2.34.